The Morgan fingerprint density at radius 2 is 2.05 bits per heavy atom. The molecular formula is C16H13BrClNO2. The fraction of sp³-hybridized carbons (Fsp3) is 0.188. The second-order valence-corrected chi connectivity index (χ2v) is 6.01. The van der Waals surface area contributed by atoms with E-state index in [-0.39, 0.29) is 11.1 Å². The van der Waals surface area contributed by atoms with E-state index in [2.05, 4.69) is 15.9 Å². The lowest BCUT2D eigenvalue weighted by Gasteiger charge is -2.12. The molecule has 0 radical (unpaired) electrons. The Morgan fingerprint density at radius 3 is 2.76 bits per heavy atom. The summed E-state index contributed by atoms with van der Waals surface area (Å²) in [6, 6.07) is 13.5. The standard InChI is InChI=1S/C16H13BrClNO2/c1-2-19-13-8-7-10(9-14(13)21-16(19)20)15(18)11-5-3-4-6-12(11)17/h3-9,15H,2H2,1H3. The molecule has 0 fully saturated rings. The van der Waals surface area contributed by atoms with Crippen molar-refractivity contribution >= 4 is 38.6 Å². The molecule has 0 aliphatic carbocycles. The first-order valence-corrected chi connectivity index (χ1v) is 7.86. The highest BCUT2D eigenvalue weighted by Gasteiger charge is 2.16. The first-order chi connectivity index (χ1) is 10.1. The summed E-state index contributed by atoms with van der Waals surface area (Å²) >= 11 is 10.1. The number of fused-ring (bicyclic) bond motifs is 1. The second kappa shape index (κ2) is 5.70. The third kappa shape index (κ3) is 2.54. The van der Waals surface area contributed by atoms with E-state index >= 15 is 0 Å². The summed E-state index contributed by atoms with van der Waals surface area (Å²) in [6.07, 6.45) is 0. The maximum Gasteiger partial charge on any atom is 0.419 e. The molecule has 0 N–H and O–H groups in total. The molecule has 3 aromatic rings. The molecule has 21 heavy (non-hydrogen) atoms. The molecule has 0 bridgehead atoms. The van der Waals surface area contributed by atoms with E-state index in [0.29, 0.717) is 12.1 Å². The van der Waals surface area contributed by atoms with E-state index < -0.39 is 0 Å². The van der Waals surface area contributed by atoms with Gasteiger partial charge in [0.1, 0.15) is 0 Å². The molecule has 1 aromatic heterocycles. The zero-order valence-corrected chi connectivity index (χ0v) is 13.7. The molecule has 2 aromatic carbocycles. The highest BCUT2D eigenvalue weighted by molar-refractivity contribution is 9.10. The smallest absolute Gasteiger partial charge is 0.408 e. The van der Waals surface area contributed by atoms with Crippen molar-refractivity contribution in [2.75, 3.05) is 0 Å². The van der Waals surface area contributed by atoms with Crippen LogP contribution >= 0.6 is 27.5 Å². The molecule has 5 heteroatoms. The molecular weight excluding hydrogens is 354 g/mol. The number of alkyl halides is 1. The number of aryl methyl sites for hydroxylation is 1. The number of hydrogen-bond acceptors (Lipinski definition) is 2. The van der Waals surface area contributed by atoms with Gasteiger partial charge in [-0.15, -0.1) is 11.6 Å². The van der Waals surface area contributed by atoms with Crippen LogP contribution in [0.25, 0.3) is 11.1 Å². The first kappa shape index (κ1) is 14.4. The number of halogens is 2. The van der Waals surface area contributed by atoms with E-state index in [1.807, 2.05) is 49.4 Å². The van der Waals surface area contributed by atoms with Crippen LogP contribution < -0.4 is 5.76 Å². The molecule has 108 valence electrons. The molecule has 1 atom stereocenters. The Balaban J connectivity index is 2.09. The Bertz CT molecular complexity index is 853. The minimum absolute atomic E-state index is 0.305. The van der Waals surface area contributed by atoms with Gasteiger partial charge in [0.25, 0.3) is 0 Å². The van der Waals surface area contributed by atoms with E-state index in [9.17, 15) is 4.79 Å². The molecule has 0 spiro atoms. The van der Waals surface area contributed by atoms with E-state index in [0.717, 1.165) is 21.1 Å². The van der Waals surface area contributed by atoms with Crippen molar-refractivity contribution in [3.8, 4) is 0 Å². The molecule has 3 nitrogen and oxygen atoms in total. The Morgan fingerprint density at radius 1 is 1.29 bits per heavy atom. The third-order valence-electron chi connectivity index (χ3n) is 3.48. The summed E-state index contributed by atoms with van der Waals surface area (Å²) in [5, 5.41) is -0.305. The van der Waals surface area contributed by atoms with Gasteiger partial charge in [0, 0.05) is 11.0 Å². The minimum Gasteiger partial charge on any atom is -0.408 e. The highest BCUT2D eigenvalue weighted by Crippen LogP contribution is 2.34. The van der Waals surface area contributed by atoms with Crippen LogP contribution in [0.3, 0.4) is 0 Å². The number of rotatable bonds is 3. The SMILES string of the molecule is CCn1c(=O)oc2cc(C(Cl)c3ccccc3Br)ccc21. The average Bonchev–Trinajstić information content (AvgIpc) is 2.81. The topological polar surface area (TPSA) is 35.1 Å². The van der Waals surface area contributed by atoms with Crippen LogP contribution in [0.4, 0.5) is 0 Å². The maximum atomic E-state index is 11.7. The number of benzene rings is 2. The number of aromatic nitrogens is 1. The van der Waals surface area contributed by atoms with Gasteiger partial charge in [-0.05, 0) is 36.2 Å². The number of nitrogens with zero attached hydrogens (tertiary/aromatic N) is 1. The van der Waals surface area contributed by atoms with Gasteiger partial charge in [0.15, 0.2) is 5.58 Å². The van der Waals surface area contributed by atoms with Crippen molar-refractivity contribution in [2.24, 2.45) is 0 Å². The number of hydrogen-bond donors (Lipinski definition) is 0. The van der Waals surface area contributed by atoms with E-state index in [1.165, 1.54) is 0 Å². The van der Waals surface area contributed by atoms with Crippen LogP contribution in [0.15, 0.2) is 56.1 Å². The lowest BCUT2D eigenvalue weighted by molar-refractivity contribution is 0.513. The summed E-state index contributed by atoms with van der Waals surface area (Å²) in [7, 11) is 0. The molecule has 1 unspecified atom stereocenters. The van der Waals surface area contributed by atoms with Gasteiger partial charge in [-0.25, -0.2) is 4.79 Å². The molecule has 0 saturated heterocycles. The van der Waals surface area contributed by atoms with Crippen molar-refractivity contribution in [3.63, 3.8) is 0 Å². The van der Waals surface area contributed by atoms with Gasteiger partial charge in [0.05, 0.1) is 10.9 Å². The first-order valence-electron chi connectivity index (χ1n) is 6.63. The van der Waals surface area contributed by atoms with Crippen LogP contribution in [-0.4, -0.2) is 4.57 Å². The Kier molecular flexibility index (Phi) is 3.91. The van der Waals surface area contributed by atoms with Crippen molar-refractivity contribution in [1.82, 2.24) is 4.57 Å². The van der Waals surface area contributed by atoms with Crippen LogP contribution in [0, 0.1) is 0 Å². The van der Waals surface area contributed by atoms with Crippen LogP contribution in [-0.2, 0) is 6.54 Å². The third-order valence-corrected chi connectivity index (χ3v) is 4.69. The molecule has 0 amide bonds. The summed E-state index contributed by atoms with van der Waals surface area (Å²) < 4.78 is 7.84. The van der Waals surface area contributed by atoms with Gasteiger partial charge < -0.3 is 4.42 Å². The van der Waals surface area contributed by atoms with Gasteiger partial charge >= 0.3 is 5.76 Å². The summed E-state index contributed by atoms with van der Waals surface area (Å²) in [5.41, 5.74) is 3.24. The normalized spacial score (nSPS) is 12.7. The second-order valence-electron chi connectivity index (χ2n) is 4.72. The van der Waals surface area contributed by atoms with Gasteiger partial charge in [-0.2, -0.15) is 0 Å². The van der Waals surface area contributed by atoms with Crippen LogP contribution in [0.1, 0.15) is 23.4 Å². The Labute approximate surface area is 135 Å². The lowest BCUT2D eigenvalue weighted by atomic mass is 10.0. The highest BCUT2D eigenvalue weighted by atomic mass is 79.9. The molecule has 0 saturated carbocycles. The zero-order chi connectivity index (χ0) is 15.0. The molecule has 1 heterocycles. The summed E-state index contributed by atoms with van der Waals surface area (Å²) in [5.74, 6) is -0.336. The fourth-order valence-electron chi connectivity index (χ4n) is 2.40. The van der Waals surface area contributed by atoms with Gasteiger partial charge in [0.2, 0.25) is 0 Å². The fourth-order valence-corrected chi connectivity index (χ4v) is 3.37. The predicted octanol–water partition coefficient (Wildman–Crippen LogP) is 4.71. The summed E-state index contributed by atoms with van der Waals surface area (Å²) in [4.78, 5) is 11.7. The van der Waals surface area contributed by atoms with Crippen molar-refractivity contribution < 1.29 is 4.42 Å². The number of oxazole rings is 1. The van der Waals surface area contributed by atoms with Gasteiger partial charge in [-0.1, -0.05) is 40.2 Å². The van der Waals surface area contributed by atoms with Crippen LogP contribution in [0.5, 0.6) is 0 Å². The molecule has 3 rings (SSSR count). The average molecular weight is 367 g/mol. The summed E-state index contributed by atoms with van der Waals surface area (Å²) in [6.45, 7) is 2.50. The lowest BCUT2D eigenvalue weighted by Crippen LogP contribution is -2.11. The minimum atomic E-state index is -0.336. The monoisotopic (exact) mass is 365 g/mol. The quantitative estimate of drug-likeness (QED) is 0.630. The predicted molar refractivity (Wildman–Crippen MR) is 88.0 cm³/mol. The van der Waals surface area contributed by atoms with Crippen LogP contribution in [0.2, 0.25) is 0 Å². The van der Waals surface area contributed by atoms with Crippen molar-refractivity contribution in [2.45, 2.75) is 18.8 Å². The maximum absolute atomic E-state index is 11.7. The molecule has 0 aliphatic heterocycles. The van der Waals surface area contributed by atoms with Gasteiger partial charge in [-0.3, -0.25) is 4.57 Å². The van der Waals surface area contributed by atoms with E-state index in [4.69, 9.17) is 16.0 Å². The zero-order valence-electron chi connectivity index (χ0n) is 11.3. The van der Waals surface area contributed by atoms with E-state index in [1.54, 1.807) is 4.57 Å². The van der Waals surface area contributed by atoms with Crippen molar-refractivity contribution in [1.29, 1.82) is 0 Å². The molecule has 0 aliphatic rings. The van der Waals surface area contributed by atoms with Crippen molar-refractivity contribution in [3.05, 3.63) is 68.6 Å². The largest absolute Gasteiger partial charge is 0.419 e. The Hall–Kier alpha value is -1.52.